The van der Waals surface area contributed by atoms with Gasteiger partial charge in [-0.25, -0.2) is 9.78 Å². The Balaban J connectivity index is 1.68. The van der Waals surface area contributed by atoms with Crippen molar-refractivity contribution in [1.82, 2.24) is 14.8 Å². The van der Waals surface area contributed by atoms with E-state index in [9.17, 15) is 14.7 Å². The minimum absolute atomic E-state index is 0.0703. The average molecular weight is 469 g/mol. The summed E-state index contributed by atoms with van der Waals surface area (Å²) in [6.45, 7) is 5.59. The number of hydrogen-bond donors (Lipinski definition) is 2. The third-order valence-corrected chi connectivity index (χ3v) is 6.12. The zero-order valence-electron chi connectivity index (χ0n) is 19.8. The fourth-order valence-corrected chi connectivity index (χ4v) is 4.46. The number of carbonyl (C=O) groups is 1. The zero-order chi connectivity index (χ0) is 24.9. The lowest BCUT2D eigenvalue weighted by molar-refractivity contribution is 0.0691. The predicted molar refractivity (Wildman–Crippen MR) is 135 cm³/mol. The van der Waals surface area contributed by atoms with Crippen molar-refractivity contribution < 1.29 is 14.3 Å². The van der Waals surface area contributed by atoms with Crippen LogP contribution in [0.4, 0.5) is 5.69 Å². The SMILES string of the molecule is Cc1cc([C@@H](C)Nc2cccnc2C(=O)O)c2oc(-c3ccc4nn(C)cc4c3)c(C)c(=O)c2c1. The van der Waals surface area contributed by atoms with Gasteiger partial charge < -0.3 is 14.8 Å². The van der Waals surface area contributed by atoms with Gasteiger partial charge >= 0.3 is 5.97 Å². The number of benzene rings is 2. The van der Waals surface area contributed by atoms with Gasteiger partial charge in [-0.1, -0.05) is 6.07 Å². The summed E-state index contributed by atoms with van der Waals surface area (Å²) in [7, 11) is 1.86. The number of pyridine rings is 1. The fourth-order valence-electron chi connectivity index (χ4n) is 4.46. The first-order valence-corrected chi connectivity index (χ1v) is 11.2. The second kappa shape index (κ2) is 8.39. The molecule has 0 bridgehead atoms. The Hall–Kier alpha value is -4.46. The number of aromatic nitrogens is 3. The van der Waals surface area contributed by atoms with E-state index in [0.29, 0.717) is 28.0 Å². The van der Waals surface area contributed by atoms with Gasteiger partial charge in [-0.3, -0.25) is 9.48 Å². The van der Waals surface area contributed by atoms with Crippen molar-refractivity contribution in [3.8, 4) is 11.3 Å². The van der Waals surface area contributed by atoms with Crippen LogP contribution in [0.2, 0.25) is 0 Å². The van der Waals surface area contributed by atoms with Crippen LogP contribution in [0.5, 0.6) is 0 Å². The first kappa shape index (κ1) is 22.3. The molecule has 2 N–H and O–H groups in total. The molecule has 176 valence electrons. The Kier molecular flexibility index (Phi) is 5.36. The van der Waals surface area contributed by atoms with Crippen LogP contribution >= 0.6 is 0 Å². The highest BCUT2D eigenvalue weighted by Gasteiger charge is 2.21. The number of nitrogens with zero attached hydrogens (tertiary/aromatic N) is 3. The van der Waals surface area contributed by atoms with Gasteiger partial charge in [0.05, 0.1) is 22.6 Å². The molecule has 5 rings (SSSR count). The molecule has 5 aromatic rings. The first-order valence-electron chi connectivity index (χ1n) is 11.2. The molecule has 0 aliphatic rings. The molecule has 0 unspecified atom stereocenters. The van der Waals surface area contributed by atoms with Crippen molar-refractivity contribution in [2.75, 3.05) is 5.32 Å². The van der Waals surface area contributed by atoms with Crippen LogP contribution < -0.4 is 10.7 Å². The summed E-state index contributed by atoms with van der Waals surface area (Å²) in [4.78, 5) is 29.0. The van der Waals surface area contributed by atoms with Crippen molar-refractivity contribution >= 4 is 33.5 Å². The Bertz CT molecular complexity index is 1680. The second-order valence-electron chi connectivity index (χ2n) is 8.76. The molecule has 0 spiro atoms. The highest BCUT2D eigenvalue weighted by Crippen LogP contribution is 2.33. The number of anilines is 1. The van der Waals surface area contributed by atoms with Crippen LogP contribution in [-0.2, 0) is 7.05 Å². The summed E-state index contributed by atoms with van der Waals surface area (Å²) in [6, 6.07) is 12.5. The highest BCUT2D eigenvalue weighted by atomic mass is 16.4. The minimum Gasteiger partial charge on any atom is -0.476 e. The molecular formula is C27H24N4O4. The maximum atomic E-state index is 13.4. The number of rotatable bonds is 5. The van der Waals surface area contributed by atoms with Crippen molar-refractivity contribution in [3.63, 3.8) is 0 Å². The number of aromatic carboxylic acids is 1. The highest BCUT2D eigenvalue weighted by molar-refractivity contribution is 5.92. The number of hydrogen-bond acceptors (Lipinski definition) is 6. The predicted octanol–water partition coefficient (Wildman–Crippen LogP) is 5.23. The summed E-state index contributed by atoms with van der Waals surface area (Å²) in [5.74, 6) is -0.622. The van der Waals surface area contributed by atoms with E-state index in [1.54, 1.807) is 23.7 Å². The normalized spacial score (nSPS) is 12.2. The molecule has 35 heavy (non-hydrogen) atoms. The number of carboxylic acids is 1. The molecule has 0 aliphatic carbocycles. The van der Waals surface area contributed by atoms with E-state index in [4.69, 9.17) is 4.42 Å². The van der Waals surface area contributed by atoms with E-state index in [1.807, 2.05) is 57.4 Å². The number of aryl methyl sites for hydroxylation is 2. The lowest BCUT2D eigenvalue weighted by Crippen LogP contribution is -2.14. The van der Waals surface area contributed by atoms with Gasteiger partial charge in [-0.2, -0.15) is 5.10 Å². The van der Waals surface area contributed by atoms with E-state index >= 15 is 0 Å². The quantitative estimate of drug-likeness (QED) is 0.363. The summed E-state index contributed by atoms with van der Waals surface area (Å²) < 4.78 is 8.18. The maximum absolute atomic E-state index is 13.4. The van der Waals surface area contributed by atoms with E-state index in [2.05, 4.69) is 15.4 Å². The second-order valence-corrected chi connectivity index (χ2v) is 8.76. The van der Waals surface area contributed by atoms with Gasteiger partial charge in [0.1, 0.15) is 11.3 Å². The first-order chi connectivity index (χ1) is 16.7. The summed E-state index contributed by atoms with van der Waals surface area (Å²) in [6.07, 6.45) is 3.36. The molecule has 0 amide bonds. The Morgan fingerprint density at radius 1 is 1.17 bits per heavy atom. The zero-order valence-corrected chi connectivity index (χ0v) is 19.8. The van der Waals surface area contributed by atoms with Crippen LogP contribution in [0.1, 0.15) is 40.1 Å². The molecule has 0 aliphatic heterocycles. The van der Waals surface area contributed by atoms with Gasteiger partial charge in [0.15, 0.2) is 11.1 Å². The molecule has 3 aromatic heterocycles. The number of carboxylic acid groups (broad SMARTS) is 1. The summed E-state index contributed by atoms with van der Waals surface area (Å²) in [5.41, 5.74) is 4.51. The van der Waals surface area contributed by atoms with Gasteiger partial charge in [0.25, 0.3) is 0 Å². The van der Waals surface area contributed by atoms with Crippen LogP contribution in [0.25, 0.3) is 33.2 Å². The van der Waals surface area contributed by atoms with E-state index < -0.39 is 5.97 Å². The smallest absolute Gasteiger partial charge is 0.356 e. The standard InChI is InChI=1S/C27H24N4O4/c1-14-10-19(16(3)29-22-6-5-9-28-23(22)27(33)34)26-20(11-14)24(32)15(2)25(35-26)17-7-8-21-18(12-17)13-31(4)30-21/h5-13,16,29H,1-4H3,(H,33,34)/t16-/m1/s1. The van der Waals surface area contributed by atoms with Crippen LogP contribution in [0, 0.1) is 13.8 Å². The van der Waals surface area contributed by atoms with Crippen LogP contribution in [0.15, 0.2) is 64.1 Å². The molecule has 0 radical (unpaired) electrons. The third kappa shape index (κ3) is 3.93. The number of fused-ring (bicyclic) bond motifs is 2. The molecule has 8 heteroatoms. The molecule has 1 atom stereocenters. The Morgan fingerprint density at radius 3 is 2.74 bits per heavy atom. The number of nitrogens with one attached hydrogen (secondary N) is 1. The topological polar surface area (TPSA) is 110 Å². The van der Waals surface area contributed by atoms with Gasteiger partial charge in [0, 0.05) is 41.5 Å². The van der Waals surface area contributed by atoms with Gasteiger partial charge in [-0.05, 0) is 62.7 Å². The van der Waals surface area contributed by atoms with Crippen molar-refractivity contribution in [3.05, 3.63) is 87.5 Å². The molecule has 0 saturated heterocycles. The van der Waals surface area contributed by atoms with Crippen molar-refractivity contribution in [2.45, 2.75) is 26.8 Å². The Labute approximate surface area is 200 Å². The minimum atomic E-state index is -1.12. The maximum Gasteiger partial charge on any atom is 0.356 e. The lowest BCUT2D eigenvalue weighted by Gasteiger charge is -2.19. The molecule has 2 aromatic carbocycles. The molecule has 0 saturated carbocycles. The van der Waals surface area contributed by atoms with E-state index in [0.717, 1.165) is 27.6 Å². The Morgan fingerprint density at radius 2 is 1.97 bits per heavy atom. The third-order valence-electron chi connectivity index (χ3n) is 6.12. The molecule has 8 nitrogen and oxygen atoms in total. The van der Waals surface area contributed by atoms with E-state index in [-0.39, 0.29) is 17.2 Å². The molecule has 0 fully saturated rings. The summed E-state index contributed by atoms with van der Waals surface area (Å²) >= 11 is 0. The van der Waals surface area contributed by atoms with Crippen molar-refractivity contribution in [1.29, 1.82) is 0 Å². The monoisotopic (exact) mass is 468 g/mol. The average Bonchev–Trinajstić information content (AvgIpc) is 3.20. The van der Waals surface area contributed by atoms with Crippen LogP contribution in [-0.4, -0.2) is 25.8 Å². The molecule has 3 heterocycles. The lowest BCUT2D eigenvalue weighted by atomic mass is 9.98. The van der Waals surface area contributed by atoms with Gasteiger partial charge in [0.2, 0.25) is 0 Å². The largest absolute Gasteiger partial charge is 0.476 e. The van der Waals surface area contributed by atoms with Gasteiger partial charge in [-0.15, -0.1) is 0 Å². The van der Waals surface area contributed by atoms with E-state index in [1.165, 1.54) is 6.20 Å². The molecular weight excluding hydrogens is 444 g/mol. The fraction of sp³-hybridized carbons (Fsp3) is 0.185. The van der Waals surface area contributed by atoms with Crippen molar-refractivity contribution in [2.24, 2.45) is 7.05 Å². The van der Waals surface area contributed by atoms with Crippen LogP contribution in [0.3, 0.4) is 0 Å². The summed E-state index contributed by atoms with van der Waals surface area (Å²) in [5, 5.41) is 18.6.